The fourth-order valence-electron chi connectivity index (χ4n) is 8.82. The number of rotatable bonds is 7. The van der Waals surface area contributed by atoms with Gasteiger partial charge in [0.2, 0.25) is 17.6 Å². The Labute approximate surface area is 335 Å². The zero-order valence-electron chi connectivity index (χ0n) is 30.0. The number of methoxy groups -OCH3 is 2. The normalized spacial score (nSPS) is 26.3. The molecule has 58 heavy (non-hydrogen) atoms. The number of phenolic OH excluding ortho intramolecular Hbond substituents is 1. The minimum atomic E-state index is -2.90. The number of amides is 4. The van der Waals surface area contributed by atoms with E-state index >= 15 is 8.78 Å². The molecule has 4 aliphatic rings. The third kappa shape index (κ3) is 5.18. The topological polar surface area (TPSA) is 131 Å². The molecule has 6 atom stereocenters. The maximum absolute atomic E-state index is 15.4. The van der Waals surface area contributed by atoms with Crippen molar-refractivity contribution in [2.24, 2.45) is 17.8 Å². The largest absolute Gasteiger partial charge is 0.507 e. The van der Waals surface area contributed by atoms with Gasteiger partial charge in [0.1, 0.15) is 22.9 Å². The molecule has 0 radical (unpaired) electrons. The Morgan fingerprint density at radius 1 is 0.759 bits per heavy atom. The molecule has 298 valence electrons. The number of allylic oxidation sites excluding steroid dienone is 2. The molecule has 3 fully saturated rings. The molecule has 1 saturated carbocycles. The van der Waals surface area contributed by atoms with E-state index < -0.39 is 104 Å². The number of anilines is 2. The summed E-state index contributed by atoms with van der Waals surface area (Å²) < 4.78 is 84.9. The van der Waals surface area contributed by atoms with Gasteiger partial charge in [-0.3, -0.25) is 28.9 Å². The van der Waals surface area contributed by atoms with E-state index in [0.717, 1.165) is 11.0 Å². The molecule has 4 amide bonds. The maximum atomic E-state index is 15.4. The van der Waals surface area contributed by atoms with E-state index in [4.69, 9.17) is 32.7 Å². The minimum absolute atomic E-state index is 0.0458. The molecule has 2 aliphatic carbocycles. The summed E-state index contributed by atoms with van der Waals surface area (Å²) in [6.45, 7) is 0. The van der Waals surface area contributed by atoms with Gasteiger partial charge < -0.3 is 14.6 Å². The van der Waals surface area contributed by atoms with Crippen molar-refractivity contribution in [1.29, 1.82) is 0 Å². The summed E-state index contributed by atoms with van der Waals surface area (Å²) >= 11 is 14.4. The van der Waals surface area contributed by atoms with Crippen LogP contribution in [-0.4, -0.2) is 58.5 Å². The molecular weight excluding hydrogens is 814 g/mol. The molecule has 1 N–H and O–H groups in total. The lowest BCUT2D eigenvalue weighted by molar-refractivity contribution is -0.125. The van der Waals surface area contributed by atoms with Crippen molar-refractivity contribution in [1.82, 2.24) is 0 Å². The van der Waals surface area contributed by atoms with Crippen LogP contribution < -0.4 is 19.3 Å². The Hall–Kier alpha value is -5.80. The molecule has 2 saturated heterocycles. The first-order valence-electron chi connectivity index (χ1n) is 17.5. The highest BCUT2D eigenvalue weighted by molar-refractivity contribution is 6.58. The number of alkyl halides is 2. The number of carbonyl (C=O) groups is 5. The van der Waals surface area contributed by atoms with Crippen LogP contribution in [-0.2, 0) is 19.2 Å². The average Bonchev–Trinajstić information content (AvgIpc) is 3.57. The highest BCUT2D eigenvalue weighted by atomic mass is 35.5. The fourth-order valence-corrected chi connectivity index (χ4v) is 9.74. The summed E-state index contributed by atoms with van der Waals surface area (Å²) in [5.41, 5.74) is -1.36. The van der Waals surface area contributed by atoms with E-state index in [9.17, 15) is 42.3 Å². The Kier molecular flexibility index (Phi) is 9.19. The molecular formula is C41H27Cl2F5N2O8. The zero-order valence-corrected chi connectivity index (χ0v) is 31.5. The van der Waals surface area contributed by atoms with E-state index in [1.165, 1.54) is 50.6 Å². The summed E-state index contributed by atoms with van der Waals surface area (Å²) in [5, 5.41) is 11.5. The van der Waals surface area contributed by atoms with Gasteiger partial charge >= 0.3 is 0 Å². The Morgan fingerprint density at radius 2 is 1.36 bits per heavy atom. The predicted octanol–water partition coefficient (Wildman–Crippen LogP) is 7.10. The second-order valence-corrected chi connectivity index (χ2v) is 15.5. The van der Waals surface area contributed by atoms with Gasteiger partial charge in [-0.15, -0.1) is 23.2 Å². The second kappa shape index (κ2) is 13.7. The van der Waals surface area contributed by atoms with Crippen LogP contribution in [0.1, 0.15) is 40.2 Å². The van der Waals surface area contributed by atoms with Crippen molar-refractivity contribution in [2.75, 3.05) is 24.0 Å². The van der Waals surface area contributed by atoms with Crippen molar-refractivity contribution in [3.63, 3.8) is 0 Å². The molecule has 17 heteroatoms. The number of ketones is 1. The van der Waals surface area contributed by atoms with Crippen molar-refractivity contribution in [3.05, 3.63) is 124 Å². The lowest BCUT2D eigenvalue weighted by Crippen LogP contribution is -2.60. The van der Waals surface area contributed by atoms with Crippen molar-refractivity contribution in [2.45, 2.75) is 28.5 Å². The Morgan fingerprint density at radius 3 is 1.97 bits per heavy atom. The summed E-state index contributed by atoms with van der Waals surface area (Å²) in [7, 11) is 2.45. The van der Waals surface area contributed by atoms with E-state index in [1.807, 2.05) is 0 Å². The van der Waals surface area contributed by atoms with E-state index in [2.05, 4.69) is 0 Å². The number of nitrogens with zero attached hydrogens (tertiary/aromatic N) is 2. The van der Waals surface area contributed by atoms with E-state index in [-0.39, 0.29) is 51.0 Å². The third-order valence-corrected chi connectivity index (χ3v) is 12.9. The number of phenols is 1. The van der Waals surface area contributed by atoms with E-state index in [0.29, 0.717) is 5.56 Å². The molecule has 2 heterocycles. The van der Waals surface area contributed by atoms with Crippen LogP contribution in [0.5, 0.6) is 17.2 Å². The number of hydrogen-bond acceptors (Lipinski definition) is 8. The lowest BCUT2D eigenvalue weighted by atomic mass is 9.56. The first-order chi connectivity index (χ1) is 27.5. The number of carbonyl (C=O) groups excluding carboxylic acids is 5. The quantitative estimate of drug-likeness (QED) is 0.0397. The summed E-state index contributed by atoms with van der Waals surface area (Å²) in [5.74, 6) is -23.9. The highest BCUT2D eigenvalue weighted by Gasteiger charge is 2.77. The summed E-state index contributed by atoms with van der Waals surface area (Å²) in [6, 6.07) is 16.5. The number of aromatic hydroxyl groups is 1. The van der Waals surface area contributed by atoms with Gasteiger partial charge in [-0.2, -0.15) is 0 Å². The van der Waals surface area contributed by atoms with Gasteiger partial charge in [0.15, 0.2) is 38.8 Å². The fraction of sp³-hybridized carbons (Fsp3) is 0.244. The number of ether oxygens (including phenoxy) is 2. The number of hydrogen-bond donors (Lipinski definition) is 1. The van der Waals surface area contributed by atoms with Gasteiger partial charge in [-0.05, 0) is 43.0 Å². The molecule has 2 aliphatic heterocycles. The first-order valence-corrected chi connectivity index (χ1v) is 18.3. The van der Waals surface area contributed by atoms with Crippen LogP contribution in [0, 0.1) is 46.8 Å². The van der Waals surface area contributed by atoms with Crippen LogP contribution in [0.4, 0.5) is 33.3 Å². The highest BCUT2D eigenvalue weighted by Crippen LogP contribution is 2.67. The average molecular weight is 842 g/mol. The van der Waals surface area contributed by atoms with Crippen molar-refractivity contribution in [3.8, 4) is 17.2 Å². The van der Waals surface area contributed by atoms with Crippen LogP contribution in [0.25, 0.3) is 0 Å². The molecule has 4 aromatic rings. The van der Waals surface area contributed by atoms with Crippen LogP contribution in [0.3, 0.4) is 0 Å². The second-order valence-electron chi connectivity index (χ2n) is 14.2. The van der Waals surface area contributed by atoms with E-state index in [1.54, 1.807) is 30.3 Å². The summed E-state index contributed by atoms with van der Waals surface area (Å²) in [6.07, 6.45) is 0.577. The molecule has 8 rings (SSSR count). The maximum Gasteiger partial charge on any atom is 0.258 e. The van der Waals surface area contributed by atoms with Gasteiger partial charge in [-0.25, -0.2) is 26.9 Å². The third-order valence-electron chi connectivity index (χ3n) is 11.5. The van der Waals surface area contributed by atoms with Gasteiger partial charge in [0.05, 0.1) is 31.7 Å². The molecule has 10 nitrogen and oxygen atoms in total. The Balaban J connectivity index is 1.27. The smallest absolute Gasteiger partial charge is 0.258 e. The zero-order chi connectivity index (χ0) is 41.7. The number of halogens is 7. The SMILES string of the molecule is COc1cc(O)c([C@H]2C3=CC[C@@H]4C(=O)N(c5ccc(C(=O)c6ccccc6)cc5)C(=O)[C@@H]4[C@@H]3C[C@@]3(Cl)C(=O)N(c4c(F)c(F)c(F)c(F)c4F)C(=O)[C@@]23Cl)c(OC)c1. The minimum Gasteiger partial charge on any atom is -0.507 e. The van der Waals surface area contributed by atoms with Gasteiger partial charge in [0.25, 0.3) is 11.8 Å². The predicted molar refractivity (Wildman–Crippen MR) is 196 cm³/mol. The standard InChI is InChI=1S/C41H27Cl2F5N2O8/c1-57-20-14-24(51)27(25(15-20)58-2)28-21-12-13-22-26(37(54)49(36(22)53)19-10-8-18(9-11-19)35(52)17-6-4-3-5-7-17)23(21)16-40(42)38(55)50(39(56)41(28,40)43)34-32(47)30(45)29(44)31(46)33(34)48/h3-12,14-15,22-23,26,28,51H,13,16H2,1-2H3/t22-,23+,26-,28+,40+,41-/m0/s1. The van der Waals surface area contributed by atoms with Crippen molar-refractivity contribution >= 4 is 64.0 Å². The van der Waals surface area contributed by atoms with Crippen LogP contribution in [0.2, 0.25) is 0 Å². The number of imide groups is 2. The van der Waals surface area contributed by atoms with Gasteiger partial charge in [0, 0.05) is 34.7 Å². The molecule has 0 spiro atoms. The number of benzene rings is 4. The van der Waals surface area contributed by atoms with Crippen molar-refractivity contribution < 1.29 is 60.5 Å². The Bertz CT molecular complexity index is 2510. The monoisotopic (exact) mass is 840 g/mol. The van der Waals surface area contributed by atoms with Crippen LogP contribution >= 0.6 is 23.2 Å². The molecule has 4 aromatic carbocycles. The first kappa shape index (κ1) is 39.0. The number of fused-ring (bicyclic) bond motifs is 4. The van der Waals surface area contributed by atoms with Crippen LogP contribution in [0.15, 0.2) is 78.4 Å². The molecule has 0 bridgehead atoms. The molecule has 0 unspecified atom stereocenters. The summed E-state index contributed by atoms with van der Waals surface area (Å²) in [4.78, 5) is 65.7. The molecule has 0 aromatic heterocycles. The lowest BCUT2D eigenvalue weighted by Gasteiger charge is -2.50. The van der Waals surface area contributed by atoms with Gasteiger partial charge in [-0.1, -0.05) is 42.0 Å².